The Labute approximate surface area is 232 Å². The minimum Gasteiger partial charge on any atom is -0.481 e. The van der Waals surface area contributed by atoms with E-state index >= 15 is 0 Å². The fourth-order valence-electron chi connectivity index (χ4n) is 3.67. The molecule has 3 aromatic rings. The molecule has 7 nitrogen and oxygen atoms in total. The van der Waals surface area contributed by atoms with Crippen LogP contribution in [0.3, 0.4) is 0 Å². The summed E-state index contributed by atoms with van der Waals surface area (Å²) in [5.74, 6) is -1.45. The first-order chi connectivity index (χ1) is 18.5. The number of alkyl halides is 3. The summed E-state index contributed by atoms with van der Waals surface area (Å²) in [7, 11) is 0. The van der Waals surface area contributed by atoms with Crippen molar-refractivity contribution in [2.24, 2.45) is 0 Å². The van der Waals surface area contributed by atoms with Crippen molar-refractivity contribution < 1.29 is 32.7 Å². The van der Waals surface area contributed by atoms with E-state index < -0.39 is 29.5 Å². The summed E-state index contributed by atoms with van der Waals surface area (Å²) in [5.41, 5.74) is -2.30. The zero-order valence-corrected chi connectivity index (χ0v) is 22.0. The van der Waals surface area contributed by atoms with Crippen molar-refractivity contribution in [3.05, 3.63) is 94.5 Å². The Bertz CT molecular complexity index is 1310. The van der Waals surface area contributed by atoms with E-state index in [4.69, 9.17) is 16.7 Å². The maximum atomic E-state index is 12.8. The Morgan fingerprint density at radius 2 is 1.69 bits per heavy atom. The number of halogens is 4. The van der Waals surface area contributed by atoms with Gasteiger partial charge in [-0.15, -0.1) is 0 Å². The molecule has 0 spiro atoms. The molecule has 0 heterocycles. The molecule has 206 valence electrons. The minimum atomic E-state index is -4.45. The molecule has 3 rings (SSSR count). The lowest BCUT2D eigenvalue weighted by molar-refractivity contribution is -0.136. The van der Waals surface area contributed by atoms with Gasteiger partial charge in [0.2, 0.25) is 0 Å². The van der Waals surface area contributed by atoms with Crippen LogP contribution in [0.5, 0.6) is 0 Å². The Morgan fingerprint density at radius 1 is 0.974 bits per heavy atom. The van der Waals surface area contributed by atoms with Crippen LogP contribution in [-0.2, 0) is 11.2 Å². The first kappa shape index (κ1) is 29.9. The molecule has 3 aromatic carbocycles. The van der Waals surface area contributed by atoms with Gasteiger partial charge in [0.15, 0.2) is 0 Å². The summed E-state index contributed by atoms with van der Waals surface area (Å²) in [6.07, 6.45) is 0.814. The maximum Gasteiger partial charge on any atom is 0.446 e. The van der Waals surface area contributed by atoms with Gasteiger partial charge in [0.25, 0.3) is 5.91 Å². The quantitative estimate of drug-likeness (QED) is 0.190. The minimum absolute atomic E-state index is 0.0113. The molecule has 1 unspecified atom stereocenters. The zero-order valence-electron chi connectivity index (χ0n) is 20.4. The van der Waals surface area contributed by atoms with Crippen molar-refractivity contribution in [2.75, 3.05) is 11.9 Å². The predicted molar refractivity (Wildman–Crippen MR) is 144 cm³/mol. The zero-order chi connectivity index (χ0) is 28.4. The topological polar surface area (TPSA) is 108 Å². The molecule has 0 fully saturated rings. The van der Waals surface area contributed by atoms with E-state index in [9.17, 15) is 27.6 Å². The molecule has 1 atom stereocenters. The number of carboxylic acids is 1. The first-order valence-corrected chi connectivity index (χ1v) is 13.0. The van der Waals surface area contributed by atoms with Crippen molar-refractivity contribution in [3.63, 3.8) is 0 Å². The highest BCUT2D eigenvalue weighted by Crippen LogP contribution is 2.37. The van der Waals surface area contributed by atoms with Crippen molar-refractivity contribution >= 4 is 47.0 Å². The molecule has 0 aromatic heterocycles. The number of amides is 3. The van der Waals surface area contributed by atoms with Gasteiger partial charge >= 0.3 is 17.5 Å². The van der Waals surface area contributed by atoms with Crippen LogP contribution in [0, 0.1) is 0 Å². The summed E-state index contributed by atoms with van der Waals surface area (Å²) in [5, 5.41) is 17.2. The van der Waals surface area contributed by atoms with E-state index in [0.717, 1.165) is 5.56 Å². The van der Waals surface area contributed by atoms with Crippen molar-refractivity contribution in [3.8, 4) is 0 Å². The van der Waals surface area contributed by atoms with Crippen LogP contribution < -0.4 is 16.0 Å². The van der Waals surface area contributed by atoms with Crippen LogP contribution in [0.2, 0.25) is 5.02 Å². The number of rotatable bonds is 11. The number of hydrogen-bond donors (Lipinski definition) is 4. The second kappa shape index (κ2) is 13.9. The lowest BCUT2D eigenvalue weighted by atomic mass is 9.98. The third-order valence-electron chi connectivity index (χ3n) is 5.44. The van der Waals surface area contributed by atoms with Gasteiger partial charge in [-0.25, -0.2) is 4.79 Å². The van der Waals surface area contributed by atoms with Gasteiger partial charge in [0, 0.05) is 27.7 Å². The number of nitrogens with one attached hydrogen (secondary N) is 3. The van der Waals surface area contributed by atoms with E-state index in [-0.39, 0.29) is 35.3 Å². The van der Waals surface area contributed by atoms with Gasteiger partial charge in [0.05, 0.1) is 12.5 Å². The lowest BCUT2D eigenvalue weighted by Crippen LogP contribution is -2.33. The maximum absolute atomic E-state index is 12.8. The normalized spacial score (nSPS) is 11.9. The summed E-state index contributed by atoms with van der Waals surface area (Å²) in [6.45, 7) is -0.0113. The van der Waals surface area contributed by atoms with Crippen LogP contribution >= 0.6 is 23.4 Å². The molecule has 0 radical (unpaired) electrons. The van der Waals surface area contributed by atoms with Crippen LogP contribution in [0.4, 0.5) is 23.7 Å². The highest BCUT2D eigenvalue weighted by molar-refractivity contribution is 8.00. The lowest BCUT2D eigenvalue weighted by Gasteiger charge is -2.20. The van der Waals surface area contributed by atoms with E-state index in [2.05, 4.69) is 16.0 Å². The van der Waals surface area contributed by atoms with Crippen molar-refractivity contribution in [2.45, 2.75) is 35.7 Å². The fraction of sp³-hybridized carbons (Fsp3) is 0.222. The van der Waals surface area contributed by atoms with E-state index in [0.29, 0.717) is 29.0 Å². The van der Waals surface area contributed by atoms with Crippen LogP contribution in [0.15, 0.2) is 77.7 Å². The first-order valence-electron chi connectivity index (χ1n) is 11.8. The summed E-state index contributed by atoms with van der Waals surface area (Å²) < 4.78 is 38.2. The van der Waals surface area contributed by atoms with Crippen molar-refractivity contribution in [1.82, 2.24) is 10.6 Å². The van der Waals surface area contributed by atoms with Crippen LogP contribution in [-0.4, -0.2) is 35.1 Å². The van der Waals surface area contributed by atoms with Gasteiger partial charge in [-0.05, 0) is 78.2 Å². The number of hydrogen-bond acceptors (Lipinski definition) is 4. The van der Waals surface area contributed by atoms with Gasteiger partial charge in [-0.1, -0.05) is 41.9 Å². The highest BCUT2D eigenvalue weighted by Gasteiger charge is 2.29. The van der Waals surface area contributed by atoms with Gasteiger partial charge in [0.1, 0.15) is 0 Å². The molecule has 0 aliphatic carbocycles. The number of carbonyl (C=O) groups excluding carboxylic acids is 2. The fourth-order valence-corrected chi connectivity index (χ4v) is 4.49. The Hall–Kier alpha value is -3.70. The Balaban J connectivity index is 1.72. The van der Waals surface area contributed by atoms with E-state index in [1.165, 1.54) is 24.3 Å². The monoisotopic (exact) mass is 579 g/mol. The van der Waals surface area contributed by atoms with E-state index in [1.807, 2.05) is 18.2 Å². The predicted octanol–water partition coefficient (Wildman–Crippen LogP) is 6.65. The average Bonchev–Trinajstić information content (AvgIpc) is 2.85. The van der Waals surface area contributed by atoms with Gasteiger partial charge in [-0.3, -0.25) is 9.59 Å². The number of aryl methyl sites for hydroxylation is 1. The highest BCUT2D eigenvalue weighted by atomic mass is 35.5. The molecular weight excluding hydrogens is 555 g/mol. The molecule has 4 N–H and O–H groups in total. The number of aliphatic carboxylic acids is 1. The number of benzene rings is 3. The molecule has 0 aliphatic heterocycles. The molecule has 39 heavy (non-hydrogen) atoms. The second-order valence-electron chi connectivity index (χ2n) is 8.42. The number of carboxylic acid groups (broad SMARTS) is 1. The van der Waals surface area contributed by atoms with Crippen LogP contribution in [0.1, 0.15) is 40.4 Å². The Kier molecular flexibility index (Phi) is 10.6. The largest absolute Gasteiger partial charge is 0.481 e. The smallest absolute Gasteiger partial charge is 0.446 e. The van der Waals surface area contributed by atoms with Crippen LogP contribution in [0.25, 0.3) is 0 Å². The van der Waals surface area contributed by atoms with E-state index in [1.54, 1.807) is 30.3 Å². The van der Waals surface area contributed by atoms with Crippen molar-refractivity contribution in [1.29, 1.82) is 0 Å². The summed E-state index contributed by atoms with van der Waals surface area (Å²) in [4.78, 5) is 35.7. The SMILES string of the molecule is O=C(O)CCNC(=O)c1ccc(C(CCc2cccc(Cl)c2)NC(=O)Nc2cccc(SC(F)(F)F)c2)cc1. The average molecular weight is 580 g/mol. The molecule has 3 amide bonds. The molecular formula is C27H25ClF3N3O4S. The van der Waals surface area contributed by atoms with Gasteiger partial charge < -0.3 is 21.1 Å². The molecule has 0 bridgehead atoms. The number of anilines is 1. The second-order valence-corrected chi connectivity index (χ2v) is 9.99. The molecule has 0 saturated carbocycles. The third kappa shape index (κ3) is 10.5. The Morgan fingerprint density at radius 3 is 2.36 bits per heavy atom. The molecule has 0 saturated heterocycles. The molecule has 0 aliphatic rings. The summed E-state index contributed by atoms with van der Waals surface area (Å²) in [6, 6.07) is 18.1. The number of thioether (sulfide) groups is 1. The summed E-state index contributed by atoms with van der Waals surface area (Å²) >= 11 is 5.81. The standard InChI is InChI=1S/C27H25ClF3N3O4S/c28-20-4-1-3-17(15-20)7-12-23(18-8-10-19(11-9-18)25(37)32-14-13-24(35)36)34-26(38)33-21-5-2-6-22(16-21)39-27(29,30)31/h1-6,8-11,15-16,23H,7,12-14H2,(H,32,37)(H,35,36)(H2,33,34,38). The number of urea groups is 1. The number of carbonyl (C=O) groups is 3. The molecule has 12 heteroatoms. The van der Waals surface area contributed by atoms with Gasteiger partial charge in [-0.2, -0.15) is 13.2 Å². The third-order valence-corrected chi connectivity index (χ3v) is 6.40.